The van der Waals surface area contributed by atoms with E-state index in [9.17, 15) is 4.79 Å². The fourth-order valence-electron chi connectivity index (χ4n) is 3.25. The third-order valence-electron chi connectivity index (χ3n) is 4.42. The van der Waals surface area contributed by atoms with Gasteiger partial charge in [0.2, 0.25) is 0 Å². The van der Waals surface area contributed by atoms with Crippen molar-refractivity contribution in [2.24, 2.45) is 5.92 Å². The molecule has 2 heterocycles. The van der Waals surface area contributed by atoms with E-state index in [1.807, 2.05) is 16.9 Å². The minimum absolute atomic E-state index is 0.0595. The number of aryl methyl sites for hydroxylation is 1. The van der Waals surface area contributed by atoms with E-state index in [-0.39, 0.29) is 12.1 Å². The molecule has 1 unspecified atom stereocenters. The van der Waals surface area contributed by atoms with Gasteiger partial charge in [0.15, 0.2) is 0 Å². The molecule has 2 aromatic heterocycles. The van der Waals surface area contributed by atoms with Gasteiger partial charge in [-0.25, -0.2) is 4.79 Å². The van der Waals surface area contributed by atoms with Crippen molar-refractivity contribution in [3.8, 4) is 0 Å². The minimum Gasteiger partial charge on any atom is -0.338 e. The Bertz CT molecular complexity index is 576. The molecular weight excluding hydrogens is 308 g/mol. The molecule has 2 N–H and O–H groups in total. The monoisotopic (exact) mass is 332 g/mol. The van der Waals surface area contributed by atoms with E-state index < -0.39 is 0 Å². The molecule has 0 spiro atoms. The first-order valence-electron chi connectivity index (χ1n) is 8.38. The largest absolute Gasteiger partial charge is 0.338 e. The van der Waals surface area contributed by atoms with Crippen LogP contribution in [-0.4, -0.2) is 22.4 Å². The molecule has 5 nitrogen and oxygen atoms in total. The lowest BCUT2D eigenvalue weighted by atomic mass is 9.97. The molecule has 0 aliphatic heterocycles. The number of nitrogens with one attached hydrogen (secondary N) is 2. The first-order valence-corrected chi connectivity index (χ1v) is 9.26. The second-order valence-electron chi connectivity index (χ2n) is 6.06. The van der Waals surface area contributed by atoms with E-state index in [1.165, 1.54) is 30.6 Å². The number of aromatic nitrogens is 2. The summed E-state index contributed by atoms with van der Waals surface area (Å²) in [6.45, 7) is 1.48. The fraction of sp³-hybridized carbons (Fsp3) is 0.529. The van der Waals surface area contributed by atoms with Gasteiger partial charge in [-0.05, 0) is 42.7 Å². The van der Waals surface area contributed by atoms with Crippen LogP contribution < -0.4 is 10.6 Å². The highest BCUT2D eigenvalue weighted by Crippen LogP contribution is 2.37. The molecule has 3 rings (SSSR count). The van der Waals surface area contributed by atoms with E-state index >= 15 is 0 Å². The van der Waals surface area contributed by atoms with Gasteiger partial charge in [0.1, 0.15) is 0 Å². The third kappa shape index (κ3) is 4.58. The van der Waals surface area contributed by atoms with Crippen LogP contribution in [-0.2, 0) is 6.54 Å². The summed E-state index contributed by atoms with van der Waals surface area (Å²) in [7, 11) is 0. The Morgan fingerprint density at radius 2 is 2.26 bits per heavy atom. The third-order valence-corrected chi connectivity index (χ3v) is 5.37. The number of thiophene rings is 1. The molecular formula is C17H24N4OS. The average Bonchev–Trinajstić information content (AvgIpc) is 3.33. The van der Waals surface area contributed by atoms with Crippen LogP contribution in [0.3, 0.4) is 0 Å². The highest BCUT2D eigenvalue weighted by atomic mass is 32.1. The van der Waals surface area contributed by atoms with E-state index in [4.69, 9.17) is 0 Å². The lowest BCUT2D eigenvalue weighted by molar-refractivity contribution is 0.231. The SMILES string of the molecule is O=C(NCCCn1cccn1)NC(c1cccs1)C1CCCC1. The van der Waals surface area contributed by atoms with Crippen LogP contribution in [0, 0.1) is 5.92 Å². The van der Waals surface area contributed by atoms with E-state index in [0.29, 0.717) is 12.5 Å². The maximum absolute atomic E-state index is 12.2. The number of amides is 2. The molecule has 1 saturated carbocycles. The lowest BCUT2D eigenvalue weighted by Crippen LogP contribution is -2.40. The molecule has 1 fully saturated rings. The average molecular weight is 332 g/mol. The maximum Gasteiger partial charge on any atom is 0.315 e. The van der Waals surface area contributed by atoms with Gasteiger partial charge in [-0.3, -0.25) is 4.68 Å². The molecule has 2 aromatic rings. The molecule has 1 aliphatic carbocycles. The topological polar surface area (TPSA) is 59.0 Å². The van der Waals surface area contributed by atoms with Crippen molar-refractivity contribution >= 4 is 17.4 Å². The first kappa shape index (κ1) is 16.1. The minimum atomic E-state index is -0.0595. The predicted octanol–water partition coefficient (Wildman–Crippen LogP) is 3.57. The van der Waals surface area contributed by atoms with Crippen molar-refractivity contribution < 1.29 is 4.79 Å². The molecule has 1 aliphatic rings. The van der Waals surface area contributed by atoms with Gasteiger partial charge in [0.25, 0.3) is 0 Å². The van der Waals surface area contributed by atoms with Crippen LogP contribution >= 0.6 is 11.3 Å². The van der Waals surface area contributed by atoms with E-state index in [0.717, 1.165) is 13.0 Å². The van der Waals surface area contributed by atoms with Crippen LogP contribution in [0.5, 0.6) is 0 Å². The number of nitrogens with zero attached hydrogens (tertiary/aromatic N) is 2. The summed E-state index contributed by atoms with van der Waals surface area (Å²) in [5.74, 6) is 0.573. The van der Waals surface area contributed by atoms with Crippen molar-refractivity contribution in [2.45, 2.75) is 44.7 Å². The molecule has 2 amide bonds. The van der Waals surface area contributed by atoms with Crippen molar-refractivity contribution in [3.05, 3.63) is 40.8 Å². The summed E-state index contributed by atoms with van der Waals surface area (Å²) in [5.41, 5.74) is 0. The molecule has 124 valence electrons. The summed E-state index contributed by atoms with van der Waals surface area (Å²) in [4.78, 5) is 13.5. The fourth-order valence-corrected chi connectivity index (χ4v) is 4.12. The Morgan fingerprint density at radius 1 is 1.39 bits per heavy atom. The normalized spacial score (nSPS) is 16.3. The van der Waals surface area contributed by atoms with Crippen LogP contribution in [0.4, 0.5) is 4.79 Å². The Balaban J connectivity index is 1.46. The molecule has 6 heteroatoms. The van der Waals surface area contributed by atoms with Gasteiger partial charge in [0, 0.05) is 30.4 Å². The number of hydrogen-bond donors (Lipinski definition) is 2. The van der Waals surface area contributed by atoms with Crippen molar-refractivity contribution in [2.75, 3.05) is 6.54 Å². The molecule has 0 saturated heterocycles. The van der Waals surface area contributed by atoms with Crippen molar-refractivity contribution in [1.82, 2.24) is 20.4 Å². The van der Waals surface area contributed by atoms with Crippen LogP contribution in [0.2, 0.25) is 0 Å². The summed E-state index contributed by atoms with van der Waals surface area (Å²) >= 11 is 1.73. The zero-order valence-corrected chi connectivity index (χ0v) is 14.1. The number of carbonyl (C=O) groups excluding carboxylic acids is 1. The van der Waals surface area contributed by atoms with E-state index in [1.54, 1.807) is 17.5 Å². The number of carbonyl (C=O) groups is 1. The van der Waals surface area contributed by atoms with Gasteiger partial charge in [-0.2, -0.15) is 5.10 Å². The van der Waals surface area contributed by atoms with Crippen LogP contribution in [0.15, 0.2) is 36.0 Å². The van der Waals surface area contributed by atoms with Gasteiger partial charge < -0.3 is 10.6 Å². The molecule has 0 aromatic carbocycles. The first-order chi connectivity index (χ1) is 11.3. The standard InChI is InChI=1S/C17H24N4OS/c22-17(18-9-4-11-21-12-5-10-19-21)20-16(14-6-1-2-7-14)15-8-3-13-23-15/h3,5,8,10,12-14,16H,1-2,4,6-7,9,11H2,(H2,18,20,22). The highest BCUT2D eigenvalue weighted by molar-refractivity contribution is 7.10. The zero-order chi connectivity index (χ0) is 15.9. The molecule has 23 heavy (non-hydrogen) atoms. The van der Waals surface area contributed by atoms with Crippen molar-refractivity contribution in [3.63, 3.8) is 0 Å². The number of urea groups is 1. The second-order valence-corrected chi connectivity index (χ2v) is 7.04. The van der Waals surface area contributed by atoms with Gasteiger partial charge in [-0.1, -0.05) is 18.9 Å². The van der Waals surface area contributed by atoms with Gasteiger partial charge >= 0.3 is 6.03 Å². The summed E-state index contributed by atoms with van der Waals surface area (Å²) < 4.78 is 1.88. The summed E-state index contributed by atoms with van der Waals surface area (Å²) in [6, 6.07) is 6.20. The van der Waals surface area contributed by atoms with Gasteiger partial charge in [0.05, 0.1) is 6.04 Å². The maximum atomic E-state index is 12.2. The number of rotatable bonds is 7. The second kappa shape index (κ2) is 8.15. The Labute approximate surface area is 141 Å². The summed E-state index contributed by atoms with van der Waals surface area (Å²) in [5, 5.41) is 12.4. The van der Waals surface area contributed by atoms with Gasteiger partial charge in [-0.15, -0.1) is 11.3 Å². The lowest BCUT2D eigenvalue weighted by Gasteiger charge is -2.24. The van der Waals surface area contributed by atoms with Crippen molar-refractivity contribution in [1.29, 1.82) is 0 Å². The zero-order valence-electron chi connectivity index (χ0n) is 13.3. The number of hydrogen-bond acceptors (Lipinski definition) is 3. The Kier molecular flexibility index (Phi) is 5.69. The van der Waals surface area contributed by atoms with Crippen LogP contribution in [0.25, 0.3) is 0 Å². The van der Waals surface area contributed by atoms with Crippen LogP contribution in [0.1, 0.15) is 43.0 Å². The highest BCUT2D eigenvalue weighted by Gasteiger charge is 2.28. The Morgan fingerprint density at radius 3 is 2.96 bits per heavy atom. The molecule has 1 atom stereocenters. The summed E-state index contributed by atoms with van der Waals surface area (Å²) in [6.07, 6.45) is 9.56. The quantitative estimate of drug-likeness (QED) is 0.762. The molecule has 0 radical (unpaired) electrons. The Hall–Kier alpha value is -1.82. The molecule has 0 bridgehead atoms. The van der Waals surface area contributed by atoms with E-state index in [2.05, 4.69) is 33.2 Å². The predicted molar refractivity (Wildman–Crippen MR) is 92.4 cm³/mol. The smallest absolute Gasteiger partial charge is 0.315 e.